The summed E-state index contributed by atoms with van der Waals surface area (Å²) < 4.78 is 5.37. The first kappa shape index (κ1) is 13.7. The number of alkyl carbamates (subject to hydrolysis) is 1. The van der Waals surface area contributed by atoms with Crippen molar-refractivity contribution >= 4 is 6.09 Å². The molecule has 4 nitrogen and oxygen atoms in total. The van der Waals surface area contributed by atoms with Crippen LogP contribution in [-0.4, -0.2) is 23.8 Å². The summed E-state index contributed by atoms with van der Waals surface area (Å²) in [5.41, 5.74) is 5.71. The van der Waals surface area contributed by atoms with Crippen LogP contribution in [0.4, 0.5) is 4.79 Å². The van der Waals surface area contributed by atoms with Gasteiger partial charge in [0.25, 0.3) is 0 Å². The Morgan fingerprint density at radius 3 is 2.61 bits per heavy atom. The van der Waals surface area contributed by atoms with Crippen LogP contribution in [0, 0.1) is 5.41 Å². The fraction of sp³-hybridized carbons (Fsp3) is 0.929. The number of hydrogen-bond donors (Lipinski definition) is 2. The first-order valence-corrected chi connectivity index (χ1v) is 7.00. The predicted molar refractivity (Wildman–Crippen MR) is 71.3 cm³/mol. The number of ether oxygens (including phenoxy) is 1. The van der Waals surface area contributed by atoms with Gasteiger partial charge in [-0.05, 0) is 64.8 Å². The molecule has 4 heteroatoms. The van der Waals surface area contributed by atoms with Crippen molar-refractivity contribution in [2.45, 2.75) is 70.4 Å². The van der Waals surface area contributed by atoms with Gasteiger partial charge in [0.2, 0.25) is 0 Å². The maximum Gasteiger partial charge on any atom is 0.408 e. The fourth-order valence-corrected chi connectivity index (χ4v) is 3.59. The zero-order valence-electron chi connectivity index (χ0n) is 11.8. The number of rotatable bonds is 2. The third-order valence-corrected chi connectivity index (χ3v) is 4.41. The van der Waals surface area contributed by atoms with Crippen LogP contribution in [0.1, 0.15) is 59.3 Å². The number of carbonyl (C=O) groups excluding carboxylic acids is 1. The van der Waals surface area contributed by atoms with Crippen molar-refractivity contribution in [2.75, 3.05) is 6.54 Å². The van der Waals surface area contributed by atoms with Gasteiger partial charge in [-0.1, -0.05) is 6.42 Å². The first-order valence-electron chi connectivity index (χ1n) is 7.00. The minimum atomic E-state index is -0.432. The largest absolute Gasteiger partial charge is 0.444 e. The van der Waals surface area contributed by atoms with E-state index in [0.717, 1.165) is 38.6 Å². The Bertz CT molecular complexity index is 337. The molecule has 0 spiro atoms. The second-order valence-electron chi connectivity index (χ2n) is 7.14. The molecule has 104 valence electrons. The van der Waals surface area contributed by atoms with E-state index in [0.29, 0.717) is 0 Å². The highest BCUT2D eigenvalue weighted by atomic mass is 16.6. The molecule has 2 rings (SSSR count). The molecule has 0 radical (unpaired) electrons. The minimum Gasteiger partial charge on any atom is -0.444 e. The summed E-state index contributed by atoms with van der Waals surface area (Å²) in [6.45, 7) is 6.42. The van der Waals surface area contributed by atoms with Crippen LogP contribution >= 0.6 is 0 Å². The molecule has 0 aliphatic heterocycles. The maximum absolute atomic E-state index is 11.9. The van der Waals surface area contributed by atoms with Crippen molar-refractivity contribution in [3.05, 3.63) is 0 Å². The Kier molecular flexibility index (Phi) is 3.34. The highest BCUT2D eigenvalue weighted by Crippen LogP contribution is 2.53. The average molecular weight is 254 g/mol. The van der Waals surface area contributed by atoms with Gasteiger partial charge in [-0.15, -0.1) is 0 Å². The van der Waals surface area contributed by atoms with Crippen molar-refractivity contribution < 1.29 is 9.53 Å². The minimum absolute atomic E-state index is 0.0556. The van der Waals surface area contributed by atoms with Crippen LogP contribution in [0.3, 0.4) is 0 Å². The summed E-state index contributed by atoms with van der Waals surface area (Å²) in [6.07, 6.45) is 6.36. The zero-order valence-corrected chi connectivity index (χ0v) is 11.8. The topological polar surface area (TPSA) is 64.3 Å². The summed E-state index contributed by atoms with van der Waals surface area (Å²) >= 11 is 0. The average Bonchev–Trinajstić information content (AvgIpc) is 2.48. The molecule has 2 atom stereocenters. The highest BCUT2D eigenvalue weighted by molar-refractivity contribution is 5.69. The van der Waals surface area contributed by atoms with Gasteiger partial charge < -0.3 is 15.8 Å². The van der Waals surface area contributed by atoms with E-state index in [2.05, 4.69) is 5.32 Å². The Balaban J connectivity index is 1.99. The predicted octanol–water partition coefficient (Wildman–Crippen LogP) is 2.56. The number of amides is 1. The zero-order chi connectivity index (χ0) is 13.4. The van der Waals surface area contributed by atoms with Crippen molar-refractivity contribution in [2.24, 2.45) is 11.1 Å². The van der Waals surface area contributed by atoms with Gasteiger partial charge in [-0.25, -0.2) is 4.79 Å². The molecule has 0 aromatic rings. The molecule has 0 aromatic carbocycles. The third-order valence-electron chi connectivity index (χ3n) is 4.41. The smallest absolute Gasteiger partial charge is 0.408 e. The molecule has 2 bridgehead atoms. The SMILES string of the molecule is CC(C)(C)OC(=O)NC12CCCC(CN)(CC1)C2. The Labute approximate surface area is 110 Å². The summed E-state index contributed by atoms with van der Waals surface area (Å²) in [6, 6.07) is 0. The Hall–Kier alpha value is -0.770. The quantitative estimate of drug-likeness (QED) is 0.796. The summed E-state index contributed by atoms with van der Waals surface area (Å²) in [5.74, 6) is 0. The molecular formula is C14H26N2O2. The third kappa shape index (κ3) is 2.79. The van der Waals surface area contributed by atoms with Crippen LogP contribution in [-0.2, 0) is 4.74 Å². The number of hydrogen-bond acceptors (Lipinski definition) is 3. The summed E-state index contributed by atoms with van der Waals surface area (Å²) in [7, 11) is 0. The summed E-state index contributed by atoms with van der Waals surface area (Å²) in [5, 5.41) is 3.12. The van der Waals surface area contributed by atoms with E-state index in [9.17, 15) is 4.79 Å². The lowest BCUT2D eigenvalue weighted by Crippen LogP contribution is -2.51. The van der Waals surface area contributed by atoms with Gasteiger partial charge >= 0.3 is 6.09 Å². The molecule has 2 unspecified atom stereocenters. The number of nitrogens with one attached hydrogen (secondary N) is 1. The molecule has 2 saturated carbocycles. The molecule has 0 aromatic heterocycles. The molecule has 0 heterocycles. The van der Waals surface area contributed by atoms with E-state index in [1.165, 1.54) is 6.42 Å². The number of nitrogens with two attached hydrogens (primary N) is 1. The van der Waals surface area contributed by atoms with E-state index in [-0.39, 0.29) is 17.0 Å². The van der Waals surface area contributed by atoms with Crippen molar-refractivity contribution in [3.8, 4) is 0 Å². The van der Waals surface area contributed by atoms with Crippen LogP contribution in [0.2, 0.25) is 0 Å². The lowest BCUT2D eigenvalue weighted by molar-refractivity contribution is 0.0419. The lowest BCUT2D eigenvalue weighted by Gasteiger charge is -2.39. The standard InChI is InChI=1S/C14H26N2O2/c1-12(2,3)18-11(17)16-14-6-4-5-13(9-14,10-15)7-8-14/h4-10,15H2,1-3H3,(H,16,17). The normalized spacial score (nSPS) is 35.3. The molecule has 1 amide bonds. The van der Waals surface area contributed by atoms with Crippen LogP contribution in [0.5, 0.6) is 0 Å². The Morgan fingerprint density at radius 2 is 2.00 bits per heavy atom. The van der Waals surface area contributed by atoms with E-state index in [4.69, 9.17) is 10.5 Å². The van der Waals surface area contributed by atoms with Gasteiger partial charge in [0.05, 0.1) is 0 Å². The fourth-order valence-electron chi connectivity index (χ4n) is 3.59. The second-order valence-corrected chi connectivity index (χ2v) is 7.14. The molecule has 2 fully saturated rings. The van der Waals surface area contributed by atoms with E-state index in [1.807, 2.05) is 20.8 Å². The van der Waals surface area contributed by atoms with Gasteiger partial charge in [0, 0.05) is 5.54 Å². The molecule has 2 aliphatic rings. The summed E-state index contributed by atoms with van der Waals surface area (Å²) in [4.78, 5) is 11.9. The molecule has 0 saturated heterocycles. The Morgan fingerprint density at radius 1 is 1.28 bits per heavy atom. The van der Waals surface area contributed by atoms with Gasteiger partial charge in [0.1, 0.15) is 5.60 Å². The second kappa shape index (κ2) is 4.41. The van der Waals surface area contributed by atoms with Gasteiger partial charge in [-0.3, -0.25) is 0 Å². The highest BCUT2D eigenvalue weighted by Gasteiger charge is 2.51. The van der Waals surface area contributed by atoms with Crippen LogP contribution in [0.25, 0.3) is 0 Å². The number of carbonyl (C=O) groups is 1. The number of fused-ring (bicyclic) bond motifs is 2. The van der Waals surface area contributed by atoms with E-state index >= 15 is 0 Å². The van der Waals surface area contributed by atoms with Crippen molar-refractivity contribution in [3.63, 3.8) is 0 Å². The van der Waals surface area contributed by atoms with E-state index in [1.54, 1.807) is 0 Å². The molecule has 3 N–H and O–H groups in total. The maximum atomic E-state index is 11.9. The first-order chi connectivity index (χ1) is 8.28. The van der Waals surface area contributed by atoms with Crippen LogP contribution < -0.4 is 11.1 Å². The molecule has 2 aliphatic carbocycles. The van der Waals surface area contributed by atoms with Crippen molar-refractivity contribution in [1.29, 1.82) is 0 Å². The van der Waals surface area contributed by atoms with Gasteiger partial charge in [0.15, 0.2) is 0 Å². The van der Waals surface area contributed by atoms with Gasteiger partial charge in [-0.2, -0.15) is 0 Å². The van der Waals surface area contributed by atoms with E-state index < -0.39 is 5.60 Å². The lowest BCUT2D eigenvalue weighted by atomic mass is 9.73. The van der Waals surface area contributed by atoms with Crippen molar-refractivity contribution in [1.82, 2.24) is 5.32 Å². The monoisotopic (exact) mass is 254 g/mol. The van der Waals surface area contributed by atoms with Crippen LogP contribution in [0.15, 0.2) is 0 Å². The molecular weight excluding hydrogens is 228 g/mol. The molecule has 18 heavy (non-hydrogen) atoms.